The fourth-order valence-corrected chi connectivity index (χ4v) is 3.77. The van der Waals surface area contributed by atoms with Crippen LogP contribution in [-0.4, -0.2) is 70.0 Å². The summed E-state index contributed by atoms with van der Waals surface area (Å²) in [4.78, 5) is 51.0. The summed E-state index contributed by atoms with van der Waals surface area (Å²) in [6.07, 6.45) is 1.43. The zero-order valence-corrected chi connectivity index (χ0v) is 18.4. The summed E-state index contributed by atoms with van der Waals surface area (Å²) >= 11 is 0. The Morgan fingerprint density at radius 2 is 1.78 bits per heavy atom. The van der Waals surface area contributed by atoms with Crippen molar-refractivity contribution in [3.05, 3.63) is 29.8 Å². The summed E-state index contributed by atoms with van der Waals surface area (Å²) in [6.45, 7) is 3.90. The van der Waals surface area contributed by atoms with Gasteiger partial charge in [0.25, 0.3) is 0 Å². The van der Waals surface area contributed by atoms with Gasteiger partial charge in [-0.3, -0.25) is 14.4 Å². The van der Waals surface area contributed by atoms with Crippen molar-refractivity contribution < 1.29 is 29.4 Å². The average molecular weight is 449 g/mol. The van der Waals surface area contributed by atoms with Crippen LogP contribution in [0.4, 0.5) is 0 Å². The predicted octanol–water partition coefficient (Wildman–Crippen LogP) is -0.0153. The number of carbonyl (C=O) groups is 4. The third kappa shape index (κ3) is 6.94. The van der Waals surface area contributed by atoms with Gasteiger partial charge in [0.15, 0.2) is 0 Å². The monoisotopic (exact) mass is 448 g/mol. The second-order valence-electron chi connectivity index (χ2n) is 8.41. The lowest BCUT2D eigenvalue weighted by Gasteiger charge is -2.27. The molecular formula is C22H32N4O6. The van der Waals surface area contributed by atoms with Crippen molar-refractivity contribution in [3.63, 3.8) is 0 Å². The maximum atomic E-state index is 13.0. The molecule has 3 unspecified atom stereocenters. The van der Waals surface area contributed by atoms with E-state index in [0.717, 1.165) is 0 Å². The Hall–Kier alpha value is -3.14. The molecule has 1 aromatic rings. The standard InChI is InChI=1S/C22H32N4O6/c1-13(2)10-17(22(31)32)25-20(29)16(11-14-5-7-15(27)8-6-14)24-21(30)18-4-3-9-26(18)19(28)12-23/h5-8,13,16-18,27H,3-4,9-12,23H2,1-2H3,(H,24,30)(H,25,29)(H,31,32). The number of hydrogen-bond donors (Lipinski definition) is 5. The first-order chi connectivity index (χ1) is 15.1. The van der Waals surface area contributed by atoms with Gasteiger partial charge < -0.3 is 31.5 Å². The van der Waals surface area contributed by atoms with Crippen LogP contribution >= 0.6 is 0 Å². The predicted molar refractivity (Wildman–Crippen MR) is 117 cm³/mol. The number of nitrogens with zero attached hydrogens (tertiary/aromatic N) is 1. The van der Waals surface area contributed by atoms with Gasteiger partial charge in [-0.15, -0.1) is 0 Å². The van der Waals surface area contributed by atoms with Gasteiger partial charge in [-0.2, -0.15) is 0 Å². The van der Waals surface area contributed by atoms with Crippen LogP contribution in [0.1, 0.15) is 38.7 Å². The topological polar surface area (TPSA) is 162 Å². The lowest BCUT2D eigenvalue weighted by atomic mass is 10.0. The number of phenolic OH excluding ortho intramolecular Hbond substituents is 1. The van der Waals surface area contributed by atoms with Crippen LogP contribution in [-0.2, 0) is 25.6 Å². The molecule has 10 heteroatoms. The first kappa shape index (κ1) is 25.1. The number of amides is 3. The molecule has 2 rings (SSSR count). The number of aromatic hydroxyl groups is 1. The number of phenols is 1. The van der Waals surface area contributed by atoms with E-state index in [4.69, 9.17) is 5.73 Å². The molecule has 0 bridgehead atoms. The Labute approximate surface area is 187 Å². The Morgan fingerprint density at radius 3 is 2.34 bits per heavy atom. The van der Waals surface area contributed by atoms with Gasteiger partial charge in [-0.1, -0.05) is 26.0 Å². The van der Waals surface area contributed by atoms with Gasteiger partial charge in [0.2, 0.25) is 17.7 Å². The largest absolute Gasteiger partial charge is 0.508 e. The highest BCUT2D eigenvalue weighted by Gasteiger charge is 2.36. The molecule has 1 aromatic carbocycles. The Kier molecular flexibility index (Phi) is 9.01. The molecule has 0 radical (unpaired) electrons. The van der Waals surface area contributed by atoms with Gasteiger partial charge in [0.05, 0.1) is 6.54 Å². The van der Waals surface area contributed by atoms with Crippen LogP contribution in [0.25, 0.3) is 0 Å². The van der Waals surface area contributed by atoms with Crippen molar-refractivity contribution in [1.29, 1.82) is 0 Å². The fraction of sp³-hybridized carbons (Fsp3) is 0.545. The minimum absolute atomic E-state index is 0.0378. The van der Waals surface area contributed by atoms with Gasteiger partial charge >= 0.3 is 5.97 Å². The first-order valence-electron chi connectivity index (χ1n) is 10.7. The Balaban J connectivity index is 2.20. The first-order valence-corrected chi connectivity index (χ1v) is 10.7. The molecule has 32 heavy (non-hydrogen) atoms. The maximum Gasteiger partial charge on any atom is 0.326 e. The second-order valence-corrected chi connectivity index (χ2v) is 8.41. The van der Waals surface area contributed by atoms with Gasteiger partial charge in [-0.05, 0) is 42.9 Å². The van der Waals surface area contributed by atoms with E-state index < -0.39 is 35.9 Å². The third-order valence-electron chi connectivity index (χ3n) is 5.38. The number of hydrogen-bond acceptors (Lipinski definition) is 6. The van der Waals surface area contributed by atoms with Gasteiger partial charge in [-0.25, -0.2) is 4.79 Å². The molecule has 0 aliphatic carbocycles. The van der Waals surface area contributed by atoms with Crippen molar-refractivity contribution in [2.75, 3.05) is 13.1 Å². The van der Waals surface area contributed by atoms with E-state index in [1.165, 1.54) is 17.0 Å². The number of carboxylic acid groups (broad SMARTS) is 1. The molecule has 0 aromatic heterocycles. The quantitative estimate of drug-likeness (QED) is 0.336. The Morgan fingerprint density at radius 1 is 1.12 bits per heavy atom. The van der Waals surface area contributed by atoms with E-state index >= 15 is 0 Å². The van der Waals surface area contributed by atoms with E-state index in [1.54, 1.807) is 12.1 Å². The van der Waals surface area contributed by atoms with E-state index in [1.807, 2.05) is 13.8 Å². The Bertz CT molecular complexity index is 826. The molecule has 10 nitrogen and oxygen atoms in total. The highest BCUT2D eigenvalue weighted by atomic mass is 16.4. The molecule has 3 atom stereocenters. The maximum absolute atomic E-state index is 13.0. The minimum Gasteiger partial charge on any atom is -0.508 e. The SMILES string of the molecule is CC(C)CC(NC(=O)C(Cc1ccc(O)cc1)NC(=O)C1CCCN1C(=O)CN)C(=O)O. The number of likely N-dealkylation sites (tertiary alicyclic amines) is 1. The van der Waals surface area contributed by atoms with E-state index in [0.29, 0.717) is 24.9 Å². The molecule has 1 fully saturated rings. The van der Waals surface area contributed by atoms with Crippen molar-refractivity contribution in [2.24, 2.45) is 11.7 Å². The summed E-state index contributed by atoms with van der Waals surface area (Å²) in [5, 5.41) is 24.2. The van der Waals surface area contributed by atoms with Crippen molar-refractivity contribution >= 4 is 23.7 Å². The molecule has 1 saturated heterocycles. The molecule has 0 saturated carbocycles. The molecule has 176 valence electrons. The van der Waals surface area contributed by atoms with Crippen LogP contribution in [0, 0.1) is 5.92 Å². The third-order valence-corrected chi connectivity index (χ3v) is 5.38. The summed E-state index contributed by atoms with van der Waals surface area (Å²) in [5.41, 5.74) is 6.10. The highest BCUT2D eigenvalue weighted by Crippen LogP contribution is 2.18. The van der Waals surface area contributed by atoms with E-state index in [-0.39, 0.29) is 37.0 Å². The number of benzene rings is 1. The normalized spacial score (nSPS) is 17.6. The minimum atomic E-state index is -1.16. The van der Waals surface area contributed by atoms with Gasteiger partial charge in [0, 0.05) is 13.0 Å². The van der Waals surface area contributed by atoms with Crippen molar-refractivity contribution in [3.8, 4) is 5.75 Å². The molecule has 1 heterocycles. The second kappa shape index (κ2) is 11.5. The summed E-state index contributed by atoms with van der Waals surface area (Å²) < 4.78 is 0. The zero-order chi connectivity index (χ0) is 23.8. The van der Waals surface area contributed by atoms with Crippen LogP contribution in [0.2, 0.25) is 0 Å². The fourth-order valence-electron chi connectivity index (χ4n) is 3.77. The van der Waals surface area contributed by atoms with Crippen LogP contribution in [0.5, 0.6) is 5.75 Å². The number of carboxylic acids is 1. The summed E-state index contributed by atoms with van der Waals surface area (Å²) in [6, 6.07) is 3.27. The molecule has 0 spiro atoms. The molecule has 1 aliphatic rings. The number of aliphatic carboxylic acids is 1. The number of rotatable bonds is 10. The molecule has 3 amide bonds. The molecular weight excluding hydrogens is 416 g/mol. The lowest BCUT2D eigenvalue weighted by molar-refractivity contribution is -0.143. The molecule has 6 N–H and O–H groups in total. The van der Waals surface area contributed by atoms with Crippen LogP contribution in [0.15, 0.2) is 24.3 Å². The summed E-state index contributed by atoms with van der Waals surface area (Å²) in [7, 11) is 0. The smallest absolute Gasteiger partial charge is 0.326 e. The van der Waals surface area contributed by atoms with Crippen LogP contribution in [0.3, 0.4) is 0 Å². The average Bonchev–Trinajstić information content (AvgIpc) is 3.23. The number of carbonyl (C=O) groups excluding carboxylic acids is 3. The summed E-state index contributed by atoms with van der Waals surface area (Å²) in [5.74, 6) is -2.52. The molecule has 1 aliphatic heterocycles. The van der Waals surface area contributed by atoms with E-state index in [2.05, 4.69) is 10.6 Å². The highest BCUT2D eigenvalue weighted by molar-refractivity contribution is 5.94. The van der Waals surface area contributed by atoms with Crippen molar-refractivity contribution in [2.45, 2.75) is 57.7 Å². The zero-order valence-electron chi connectivity index (χ0n) is 18.4. The lowest BCUT2D eigenvalue weighted by Crippen LogP contribution is -2.56. The van der Waals surface area contributed by atoms with Crippen LogP contribution < -0.4 is 16.4 Å². The number of nitrogens with two attached hydrogens (primary N) is 1. The van der Waals surface area contributed by atoms with Crippen molar-refractivity contribution in [1.82, 2.24) is 15.5 Å². The number of nitrogens with one attached hydrogen (secondary N) is 2. The van der Waals surface area contributed by atoms with Gasteiger partial charge in [0.1, 0.15) is 23.9 Å². The van der Waals surface area contributed by atoms with E-state index in [9.17, 15) is 29.4 Å².